The fourth-order valence-electron chi connectivity index (χ4n) is 1.85. The Morgan fingerprint density at radius 3 is 2.78 bits per heavy atom. The van der Waals surface area contributed by atoms with Gasteiger partial charge in [0.05, 0.1) is 25.4 Å². The highest BCUT2D eigenvalue weighted by molar-refractivity contribution is 6.31. The summed E-state index contributed by atoms with van der Waals surface area (Å²) in [5.74, 6) is 0.0825. The van der Waals surface area contributed by atoms with E-state index in [-0.39, 0.29) is 18.4 Å². The zero-order chi connectivity index (χ0) is 17.4. The maximum Gasteiger partial charge on any atom is 0.238 e. The Bertz CT molecular complexity index is 578. The Kier molecular flexibility index (Phi) is 7.57. The molecule has 1 rings (SSSR count). The highest BCUT2D eigenvalue weighted by Gasteiger charge is 2.20. The molecule has 0 aliphatic carbocycles. The summed E-state index contributed by atoms with van der Waals surface area (Å²) in [6, 6.07) is 4.52. The van der Waals surface area contributed by atoms with Gasteiger partial charge >= 0.3 is 0 Å². The fourth-order valence-corrected chi connectivity index (χ4v) is 2.02. The van der Waals surface area contributed by atoms with Gasteiger partial charge in [0.1, 0.15) is 5.75 Å². The first-order chi connectivity index (χ1) is 10.9. The van der Waals surface area contributed by atoms with Crippen molar-refractivity contribution >= 4 is 29.1 Å². The zero-order valence-electron chi connectivity index (χ0n) is 13.6. The largest absolute Gasteiger partial charge is 0.495 e. The number of amides is 2. The van der Waals surface area contributed by atoms with Crippen LogP contribution in [-0.4, -0.2) is 50.0 Å². The predicted octanol–water partition coefficient (Wildman–Crippen LogP) is 1.91. The van der Waals surface area contributed by atoms with E-state index in [9.17, 15) is 9.59 Å². The van der Waals surface area contributed by atoms with Crippen LogP contribution in [0.15, 0.2) is 30.9 Å². The molecule has 0 saturated carbocycles. The summed E-state index contributed by atoms with van der Waals surface area (Å²) >= 11 is 5.93. The number of likely N-dealkylation sites (N-methyl/N-ethyl adjacent to an activating group) is 1. The van der Waals surface area contributed by atoms with E-state index in [1.54, 1.807) is 43.1 Å². The summed E-state index contributed by atoms with van der Waals surface area (Å²) in [6.07, 6.45) is 1.60. The Labute approximate surface area is 141 Å². The van der Waals surface area contributed by atoms with Crippen molar-refractivity contribution in [2.45, 2.75) is 13.0 Å². The van der Waals surface area contributed by atoms with Crippen molar-refractivity contribution < 1.29 is 14.3 Å². The van der Waals surface area contributed by atoms with Crippen LogP contribution in [0.5, 0.6) is 5.75 Å². The Morgan fingerprint density at radius 1 is 1.48 bits per heavy atom. The van der Waals surface area contributed by atoms with Gasteiger partial charge in [-0.05, 0) is 32.2 Å². The molecule has 126 valence electrons. The third-order valence-electron chi connectivity index (χ3n) is 3.29. The van der Waals surface area contributed by atoms with Crippen LogP contribution >= 0.6 is 11.6 Å². The van der Waals surface area contributed by atoms with E-state index in [0.717, 1.165) is 0 Å². The third kappa shape index (κ3) is 5.92. The number of nitrogens with one attached hydrogen (secondary N) is 2. The van der Waals surface area contributed by atoms with E-state index in [2.05, 4.69) is 17.2 Å². The average Bonchev–Trinajstić information content (AvgIpc) is 2.51. The van der Waals surface area contributed by atoms with E-state index in [4.69, 9.17) is 16.3 Å². The van der Waals surface area contributed by atoms with Gasteiger partial charge in [0.2, 0.25) is 11.8 Å². The highest BCUT2D eigenvalue weighted by Crippen LogP contribution is 2.27. The van der Waals surface area contributed by atoms with Crippen LogP contribution in [0.1, 0.15) is 6.92 Å². The van der Waals surface area contributed by atoms with Gasteiger partial charge in [-0.3, -0.25) is 14.5 Å². The number of carbonyl (C=O) groups excluding carboxylic acids is 2. The number of hydrogen-bond acceptors (Lipinski definition) is 4. The number of methoxy groups -OCH3 is 1. The average molecular weight is 340 g/mol. The molecule has 2 amide bonds. The van der Waals surface area contributed by atoms with E-state index in [1.165, 1.54) is 7.11 Å². The molecule has 0 radical (unpaired) electrons. The van der Waals surface area contributed by atoms with Crippen molar-refractivity contribution in [2.24, 2.45) is 0 Å². The van der Waals surface area contributed by atoms with E-state index < -0.39 is 6.04 Å². The molecule has 0 aromatic heterocycles. The lowest BCUT2D eigenvalue weighted by molar-refractivity contribution is -0.126. The molecule has 0 aliphatic rings. The molecule has 0 spiro atoms. The number of carbonyl (C=O) groups is 2. The summed E-state index contributed by atoms with van der Waals surface area (Å²) in [5.41, 5.74) is 0.488. The number of hydrogen-bond donors (Lipinski definition) is 2. The Balaban J connectivity index is 2.64. The second-order valence-electron chi connectivity index (χ2n) is 5.02. The molecule has 23 heavy (non-hydrogen) atoms. The molecule has 2 N–H and O–H groups in total. The molecule has 1 aromatic rings. The number of halogens is 1. The second-order valence-corrected chi connectivity index (χ2v) is 5.45. The molecule has 1 unspecified atom stereocenters. The molecule has 6 nitrogen and oxygen atoms in total. The molecular weight excluding hydrogens is 318 g/mol. The van der Waals surface area contributed by atoms with Crippen molar-refractivity contribution in [2.75, 3.05) is 32.6 Å². The smallest absolute Gasteiger partial charge is 0.238 e. The highest BCUT2D eigenvalue weighted by atomic mass is 35.5. The standard InChI is InChI=1S/C16H22ClN3O3/c1-5-8-18-16(22)11(2)20(3)10-15(21)19-13-9-12(17)6-7-14(13)23-4/h5-7,9,11H,1,8,10H2,2-4H3,(H,18,22)(H,19,21). The van der Waals surface area contributed by atoms with Gasteiger partial charge < -0.3 is 15.4 Å². The van der Waals surface area contributed by atoms with E-state index >= 15 is 0 Å². The van der Waals surface area contributed by atoms with Gasteiger partial charge in [-0.1, -0.05) is 17.7 Å². The van der Waals surface area contributed by atoms with Gasteiger partial charge in [0.15, 0.2) is 0 Å². The number of nitrogens with zero attached hydrogens (tertiary/aromatic N) is 1. The first kappa shape index (κ1) is 19.0. The summed E-state index contributed by atoms with van der Waals surface area (Å²) in [5, 5.41) is 5.92. The maximum atomic E-state index is 12.1. The summed E-state index contributed by atoms with van der Waals surface area (Å²) in [4.78, 5) is 25.6. The zero-order valence-corrected chi connectivity index (χ0v) is 14.3. The molecular formula is C16H22ClN3O3. The predicted molar refractivity (Wildman–Crippen MR) is 91.9 cm³/mol. The van der Waals surface area contributed by atoms with Gasteiger partial charge in [-0.15, -0.1) is 6.58 Å². The van der Waals surface area contributed by atoms with Crippen LogP contribution in [0, 0.1) is 0 Å². The molecule has 1 atom stereocenters. The van der Waals surface area contributed by atoms with Gasteiger partial charge in [0, 0.05) is 11.6 Å². The number of rotatable bonds is 8. The lowest BCUT2D eigenvalue weighted by atomic mass is 10.2. The second kappa shape index (κ2) is 9.17. The molecule has 0 saturated heterocycles. The monoisotopic (exact) mass is 339 g/mol. The molecule has 7 heteroatoms. The van der Waals surface area contributed by atoms with E-state index in [0.29, 0.717) is 23.0 Å². The van der Waals surface area contributed by atoms with E-state index in [1.807, 2.05) is 0 Å². The lowest BCUT2D eigenvalue weighted by Gasteiger charge is -2.23. The van der Waals surface area contributed by atoms with Crippen molar-refractivity contribution in [1.29, 1.82) is 0 Å². The summed E-state index contributed by atoms with van der Waals surface area (Å²) in [7, 11) is 3.21. The third-order valence-corrected chi connectivity index (χ3v) is 3.52. The minimum atomic E-state index is -0.443. The van der Waals surface area contributed by atoms with Gasteiger partial charge in [0.25, 0.3) is 0 Å². The van der Waals surface area contributed by atoms with Crippen molar-refractivity contribution in [3.05, 3.63) is 35.9 Å². The maximum absolute atomic E-state index is 12.1. The van der Waals surface area contributed by atoms with Crippen LogP contribution in [0.4, 0.5) is 5.69 Å². The molecule has 0 aliphatic heterocycles. The van der Waals surface area contributed by atoms with Crippen LogP contribution < -0.4 is 15.4 Å². The molecule has 0 bridgehead atoms. The number of anilines is 1. The first-order valence-corrected chi connectivity index (χ1v) is 7.49. The summed E-state index contributed by atoms with van der Waals surface area (Å²) in [6.45, 7) is 5.71. The Morgan fingerprint density at radius 2 is 2.17 bits per heavy atom. The van der Waals surface area contributed by atoms with Gasteiger partial charge in [-0.2, -0.15) is 0 Å². The first-order valence-electron chi connectivity index (χ1n) is 7.11. The SMILES string of the molecule is C=CCNC(=O)C(C)N(C)CC(=O)Nc1cc(Cl)ccc1OC. The van der Waals surface area contributed by atoms with Gasteiger partial charge in [-0.25, -0.2) is 0 Å². The Hall–Kier alpha value is -2.05. The minimum Gasteiger partial charge on any atom is -0.495 e. The molecule has 0 heterocycles. The quantitative estimate of drug-likeness (QED) is 0.710. The summed E-state index contributed by atoms with van der Waals surface area (Å²) < 4.78 is 5.18. The topological polar surface area (TPSA) is 70.7 Å². The van der Waals surface area contributed by atoms with Crippen molar-refractivity contribution in [3.8, 4) is 5.75 Å². The fraction of sp³-hybridized carbons (Fsp3) is 0.375. The number of ether oxygens (including phenoxy) is 1. The molecule has 1 aromatic carbocycles. The minimum absolute atomic E-state index is 0.0539. The van der Waals surface area contributed by atoms with Crippen LogP contribution in [-0.2, 0) is 9.59 Å². The van der Waals surface area contributed by atoms with Crippen LogP contribution in [0.25, 0.3) is 0 Å². The lowest BCUT2D eigenvalue weighted by Crippen LogP contribution is -2.46. The number of benzene rings is 1. The van der Waals surface area contributed by atoms with Crippen molar-refractivity contribution in [1.82, 2.24) is 10.2 Å². The molecule has 0 fully saturated rings. The van der Waals surface area contributed by atoms with Crippen molar-refractivity contribution in [3.63, 3.8) is 0 Å². The van der Waals surface area contributed by atoms with Crippen LogP contribution in [0.2, 0.25) is 5.02 Å². The van der Waals surface area contributed by atoms with Crippen LogP contribution in [0.3, 0.4) is 0 Å². The normalized spacial score (nSPS) is 11.7.